The van der Waals surface area contributed by atoms with Gasteiger partial charge in [-0.1, -0.05) is 48.0 Å². The van der Waals surface area contributed by atoms with Gasteiger partial charge in [-0.3, -0.25) is 9.59 Å². The van der Waals surface area contributed by atoms with Gasteiger partial charge in [0, 0.05) is 18.6 Å². The van der Waals surface area contributed by atoms with Crippen LogP contribution in [0.4, 0.5) is 0 Å². The van der Waals surface area contributed by atoms with E-state index in [2.05, 4.69) is 5.32 Å². The fraction of sp³-hybridized carbons (Fsp3) is 0.300. The van der Waals surface area contributed by atoms with E-state index in [1.165, 1.54) is 4.90 Å². The van der Waals surface area contributed by atoms with Crippen LogP contribution < -0.4 is 10.1 Å². The molecule has 0 radical (unpaired) electrons. The topological polar surface area (TPSA) is 58.6 Å². The summed E-state index contributed by atoms with van der Waals surface area (Å²) in [7, 11) is 1.56. The summed E-state index contributed by atoms with van der Waals surface area (Å²) in [5.74, 6) is 0.0487. The number of rotatable bonds is 8. The Morgan fingerprint density at radius 1 is 1.15 bits per heavy atom. The third-order valence-corrected chi connectivity index (χ3v) is 4.29. The zero-order valence-electron chi connectivity index (χ0n) is 14.9. The van der Waals surface area contributed by atoms with Crippen LogP contribution in [-0.2, 0) is 16.0 Å². The number of hydrogen-bond acceptors (Lipinski definition) is 3. The van der Waals surface area contributed by atoms with Crippen LogP contribution in [0.5, 0.6) is 5.75 Å². The van der Waals surface area contributed by atoms with E-state index < -0.39 is 6.04 Å². The van der Waals surface area contributed by atoms with Crippen molar-refractivity contribution in [3.05, 3.63) is 65.2 Å². The molecule has 0 aromatic heterocycles. The van der Waals surface area contributed by atoms with Crippen LogP contribution in [0.2, 0.25) is 5.02 Å². The summed E-state index contributed by atoms with van der Waals surface area (Å²) in [6.07, 6.45) is 0.658. The Labute approximate surface area is 158 Å². The minimum Gasteiger partial charge on any atom is -0.484 e. The van der Waals surface area contributed by atoms with Crippen molar-refractivity contribution in [3.8, 4) is 5.75 Å². The molecule has 0 saturated heterocycles. The van der Waals surface area contributed by atoms with Crippen molar-refractivity contribution >= 4 is 23.4 Å². The van der Waals surface area contributed by atoms with Crippen LogP contribution >= 0.6 is 11.6 Å². The van der Waals surface area contributed by atoms with Crippen molar-refractivity contribution in [2.24, 2.45) is 0 Å². The van der Waals surface area contributed by atoms with Crippen molar-refractivity contribution in [1.29, 1.82) is 0 Å². The van der Waals surface area contributed by atoms with E-state index in [1.807, 2.05) is 30.3 Å². The van der Waals surface area contributed by atoms with Crippen LogP contribution in [0.25, 0.3) is 0 Å². The first-order valence-electron chi connectivity index (χ1n) is 8.44. The monoisotopic (exact) mass is 374 g/mol. The first kappa shape index (κ1) is 19.8. The summed E-state index contributed by atoms with van der Waals surface area (Å²) in [4.78, 5) is 26.2. The van der Waals surface area contributed by atoms with Gasteiger partial charge in [0.2, 0.25) is 5.91 Å². The second kappa shape index (κ2) is 9.82. The molecule has 0 bridgehead atoms. The number of ether oxygens (including phenoxy) is 1. The second-order valence-corrected chi connectivity index (χ2v) is 6.30. The highest BCUT2D eigenvalue weighted by atomic mass is 35.5. The molecular weight excluding hydrogens is 352 g/mol. The summed E-state index contributed by atoms with van der Waals surface area (Å²) < 4.78 is 5.54. The smallest absolute Gasteiger partial charge is 0.261 e. The van der Waals surface area contributed by atoms with E-state index in [0.29, 0.717) is 23.7 Å². The first-order valence-corrected chi connectivity index (χ1v) is 8.82. The highest BCUT2D eigenvalue weighted by Gasteiger charge is 2.25. The van der Waals surface area contributed by atoms with Gasteiger partial charge in [-0.05, 0) is 37.1 Å². The Morgan fingerprint density at radius 3 is 2.54 bits per heavy atom. The van der Waals surface area contributed by atoms with E-state index in [0.717, 1.165) is 5.56 Å². The zero-order valence-corrected chi connectivity index (χ0v) is 15.7. The summed E-state index contributed by atoms with van der Waals surface area (Å²) in [5, 5.41) is 3.13. The van der Waals surface area contributed by atoms with Crippen molar-refractivity contribution in [2.75, 3.05) is 20.2 Å². The van der Waals surface area contributed by atoms with Crippen molar-refractivity contribution in [2.45, 2.75) is 19.4 Å². The van der Waals surface area contributed by atoms with Crippen LogP contribution in [0.15, 0.2) is 54.6 Å². The Morgan fingerprint density at radius 2 is 1.88 bits per heavy atom. The summed E-state index contributed by atoms with van der Waals surface area (Å²) >= 11 is 5.92. The van der Waals surface area contributed by atoms with Gasteiger partial charge in [-0.25, -0.2) is 0 Å². The third kappa shape index (κ3) is 5.77. The fourth-order valence-corrected chi connectivity index (χ4v) is 2.74. The van der Waals surface area contributed by atoms with E-state index >= 15 is 0 Å². The van der Waals surface area contributed by atoms with Crippen LogP contribution in [0, 0.1) is 0 Å². The number of nitrogens with one attached hydrogen (secondary N) is 1. The largest absolute Gasteiger partial charge is 0.484 e. The maximum atomic E-state index is 12.7. The number of benzene rings is 2. The Kier molecular flexibility index (Phi) is 7.48. The maximum Gasteiger partial charge on any atom is 0.261 e. The predicted molar refractivity (Wildman–Crippen MR) is 102 cm³/mol. The standard InChI is InChI=1S/C20H23ClN2O3/c1-15(20(25)22-2)23(12-11-16-7-4-3-5-8-16)19(24)14-26-18-10-6-9-17(21)13-18/h3-10,13,15H,11-12,14H2,1-2H3,(H,22,25)/t15-/m0/s1. The summed E-state index contributed by atoms with van der Waals surface area (Å²) in [5.41, 5.74) is 1.10. The SMILES string of the molecule is CNC(=O)[C@H](C)N(CCc1ccccc1)C(=O)COc1cccc(Cl)c1. The lowest BCUT2D eigenvalue weighted by Gasteiger charge is -2.28. The average molecular weight is 375 g/mol. The number of carbonyl (C=O) groups excluding carboxylic acids is 2. The number of amides is 2. The predicted octanol–water partition coefficient (Wildman–Crippen LogP) is 2.92. The molecule has 0 aliphatic rings. The molecular formula is C20H23ClN2O3. The van der Waals surface area contributed by atoms with Gasteiger partial charge >= 0.3 is 0 Å². The number of likely N-dealkylation sites (N-methyl/N-ethyl adjacent to an activating group) is 1. The van der Waals surface area contributed by atoms with Gasteiger partial charge in [0.25, 0.3) is 5.91 Å². The summed E-state index contributed by atoms with van der Waals surface area (Å²) in [6.45, 7) is 1.98. The van der Waals surface area contributed by atoms with Gasteiger partial charge < -0.3 is 15.0 Å². The zero-order chi connectivity index (χ0) is 18.9. The van der Waals surface area contributed by atoms with Crippen LogP contribution in [-0.4, -0.2) is 43.0 Å². The van der Waals surface area contributed by atoms with E-state index in [-0.39, 0.29) is 18.4 Å². The number of carbonyl (C=O) groups is 2. The van der Waals surface area contributed by atoms with Crippen molar-refractivity contribution in [1.82, 2.24) is 10.2 Å². The molecule has 2 aromatic carbocycles. The highest BCUT2D eigenvalue weighted by Crippen LogP contribution is 2.17. The first-order chi connectivity index (χ1) is 12.5. The molecule has 5 nitrogen and oxygen atoms in total. The van der Waals surface area contributed by atoms with Gasteiger partial charge in [0.1, 0.15) is 11.8 Å². The van der Waals surface area contributed by atoms with E-state index in [9.17, 15) is 9.59 Å². The lowest BCUT2D eigenvalue weighted by atomic mass is 10.1. The molecule has 2 aromatic rings. The molecule has 1 N–H and O–H groups in total. The molecule has 0 unspecified atom stereocenters. The number of nitrogens with zero attached hydrogens (tertiary/aromatic N) is 1. The molecule has 0 heterocycles. The molecule has 1 atom stereocenters. The van der Waals surface area contributed by atoms with Crippen molar-refractivity contribution in [3.63, 3.8) is 0 Å². The third-order valence-electron chi connectivity index (χ3n) is 4.06. The minimum absolute atomic E-state index is 0.156. The molecule has 138 valence electrons. The molecule has 2 amide bonds. The number of hydrogen-bond donors (Lipinski definition) is 1. The Balaban J connectivity index is 2.03. The second-order valence-electron chi connectivity index (χ2n) is 5.86. The van der Waals surface area contributed by atoms with Gasteiger partial charge in [0.05, 0.1) is 0 Å². The number of halogens is 1. The average Bonchev–Trinajstić information content (AvgIpc) is 2.66. The molecule has 0 fully saturated rings. The van der Waals surface area contributed by atoms with Crippen LogP contribution in [0.3, 0.4) is 0 Å². The maximum absolute atomic E-state index is 12.7. The van der Waals surface area contributed by atoms with E-state index in [4.69, 9.17) is 16.3 Å². The molecule has 6 heteroatoms. The van der Waals surface area contributed by atoms with Crippen LogP contribution in [0.1, 0.15) is 12.5 Å². The Hall–Kier alpha value is -2.53. The molecule has 0 aliphatic heterocycles. The molecule has 26 heavy (non-hydrogen) atoms. The quantitative estimate of drug-likeness (QED) is 0.772. The normalized spacial score (nSPS) is 11.5. The van der Waals surface area contributed by atoms with E-state index in [1.54, 1.807) is 38.2 Å². The molecule has 2 rings (SSSR count). The highest BCUT2D eigenvalue weighted by molar-refractivity contribution is 6.30. The van der Waals surface area contributed by atoms with Gasteiger partial charge in [-0.15, -0.1) is 0 Å². The minimum atomic E-state index is -0.584. The lowest BCUT2D eigenvalue weighted by Crippen LogP contribution is -2.49. The van der Waals surface area contributed by atoms with Gasteiger partial charge in [-0.2, -0.15) is 0 Å². The lowest BCUT2D eigenvalue weighted by molar-refractivity contribution is -0.141. The van der Waals surface area contributed by atoms with Crippen molar-refractivity contribution < 1.29 is 14.3 Å². The van der Waals surface area contributed by atoms with Gasteiger partial charge in [0.15, 0.2) is 6.61 Å². The molecule has 0 saturated carbocycles. The fourth-order valence-electron chi connectivity index (χ4n) is 2.56. The Bertz CT molecular complexity index is 737. The molecule has 0 aliphatic carbocycles. The molecule has 0 spiro atoms. The summed E-state index contributed by atoms with van der Waals surface area (Å²) in [6, 6.07) is 16.1.